The molecule has 0 spiro atoms. The van der Waals surface area contributed by atoms with Crippen molar-refractivity contribution in [3.8, 4) is 0 Å². The monoisotopic (exact) mass is 328 g/mol. The predicted molar refractivity (Wildman–Crippen MR) is 97.0 cm³/mol. The number of aliphatic hydroxyl groups is 1. The molecule has 0 aliphatic carbocycles. The third-order valence-electron chi connectivity index (χ3n) is 5.23. The van der Waals surface area contributed by atoms with E-state index in [0.29, 0.717) is 0 Å². The average molecular weight is 328 g/mol. The van der Waals surface area contributed by atoms with E-state index in [0.717, 1.165) is 68.3 Å². The first-order valence-electron chi connectivity index (χ1n) is 9.02. The summed E-state index contributed by atoms with van der Waals surface area (Å²) in [5.41, 5.74) is 1.07. The molecule has 2 N–H and O–H groups in total. The van der Waals surface area contributed by atoms with E-state index in [9.17, 15) is 5.11 Å². The molecule has 0 radical (unpaired) electrons. The molecular formula is C20H28N2O2. The zero-order chi connectivity index (χ0) is 16.8. The highest BCUT2D eigenvalue weighted by atomic mass is 16.5. The van der Waals surface area contributed by atoms with Crippen LogP contribution in [0.1, 0.15) is 37.7 Å². The lowest BCUT2D eigenvalue weighted by Gasteiger charge is -2.39. The molecule has 1 aliphatic rings. The second-order valence-corrected chi connectivity index (χ2v) is 6.80. The van der Waals surface area contributed by atoms with Gasteiger partial charge in [-0.3, -0.25) is 4.98 Å². The standard InChI is InChI=1S/C20H28N2O2/c1-24-14-3-2-11-20(23,17-9-6-12-21-15-17)18-10-4-7-16-8-5-13-22-19(16)18/h4-5,7-8,10,13,17,21,23H,2-3,6,9,11-12,14-15H2,1H3/t17-,20+/m1/s1. The number of nitrogens with zero attached hydrogens (tertiary/aromatic N) is 1. The van der Waals surface area contributed by atoms with E-state index in [4.69, 9.17) is 4.74 Å². The molecule has 0 bridgehead atoms. The van der Waals surface area contributed by atoms with Crippen LogP contribution in [-0.2, 0) is 10.3 Å². The number of hydrogen-bond donors (Lipinski definition) is 2. The average Bonchev–Trinajstić information content (AvgIpc) is 2.65. The fourth-order valence-corrected chi connectivity index (χ4v) is 3.91. The van der Waals surface area contributed by atoms with Gasteiger partial charge >= 0.3 is 0 Å². The van der Waals surface area contributed by atoms with Crippen LogP contribution in [0.3, 0.4) is 0 Å². The van der Waals surface area contributed by atoms with E-state index < -0.39 is 5.60 Å². The number of pyridine rings is 1. The second kappa shape index (κ2) is 8.06. The zero-order valence-corrected chi connectivity index (χ0v) is 14.5. The molecule has 0 saturated carbocycles. The fraction of sp³-hybridized carbons (Fsp3) is 0.550. The Bertz CT molecular complexity index is 650. The van der Waals surface area contributed by atoms with Crippen LogP contribution in [0, 0.1) is 5.92 Å². The minimum atomic E-state index is -0.838. The predicted octanol–water partition coefficient (Wildman–Crippen LogP) is 3.24. The van der Waals surface area contributed by atoms with E-state index in [-0.39, 0.29) is 5.92 Å². The van der Waals surface area contributed by atoms with Gasteiger partial charge in [0, 0.05) is 43.3 Å². The third-order valence-corrected chi connectivity index (χ3v) is 5.23. The Morgan fingerprint density at radius 1 is 1.29 bits per heavy atom. The quantitative estimate of drug-likeness (QED) is 0.766. The number of piperidine rings is 1. The number of methoxy groups -OCH3 is 1. The van der Waals surface area contributed by atoms with Gasteiger partial charge < -0.3 is 15.2 Å². The molecule has 1 aliphatic heterocycles. The largest absolute Gasteiger partial charge is 0.385 e. The van der Waals surface area contributed by atoms with E-state index >= 15 is 0 Å². The van der Waals surface area contributed by atoms with Gasteiger partial charge in [0.2, 0.25) is 0 Å². The normalized spacial score (nSPS) is 20.8. The van der Waals surface area contributed by atoms with Gasteiger partial charge in [0.1, 0.15) is 0 Å². The summed E-state index contributed by atoms with van der Waals surface area (Å²) in [6, 6.07) is 10.2. The molecule has 4 heteroatoms. The molecule has 1 saturated heterocycles. The number of rotatable bonds is 7. The summed E-state index contributed by atoms with van der Waals surface area (Å²) >= 11 is 0. The SMILES string of the molecule is COCCCC[C@@](O)(c1cccc2cccnc12)[C@@H]1CCCNC1. The maximum atomic E-state index is 11.8. The summed E-state index contributed by atoms with van der Waals surface area (Å²) in [5.74, 6) is 0.224. The molecule has 24 heavy (non-hydrogen) atoms. The first kappa shape index (κ1) is 17.3. The number of benzene rings is 1. The zero-order valence-electron chi connectivity index (χ0n) is 14.5. The van der Waals surface area contributed by atoms with Gasteiger partial charge in [-0.25, -0.2) is 0 Å². The minimum absolute atomic E-state index is 0.224. The van der Waals surface area contributed by atoms with Crippen LogP contribution < -0.4 is 5.32 Å². The van der Waals surface area contributed by atoms with Crippen LogP contribution in [0.5, 0.6) is 0 Å². The van der Waals surface area contributed by atoms with Crippen molar-refractivity contribution >= 4 is 10.9 Å². The Balaban J connectivity index is 1.95. The molecule has 3 rings (SSSR count). The highest BCUT2D eigenvalue weighted by Gasteiger charge is 2.39. The van der Waals surface area contributed by atoms with Crippen molar-refractivity contribution in [1.29, 1.82) is 0 Å². The molecule has 2 aromatic rings. The Morgan fingerprint density at radius 2 is 2.17 bits per heavy atom. The molecule has 2 heterocycles. The molecule has 0 unspecified atom stereocenters. The van der Waals surface area contributed by atoms with Crippen molar-refractivity contribution in [3.63, 3.8) is 0 Å². The van der Waals surface area contributed by atoms with Crippen molar-refractivity contribution in [2.75, 3.05) is 26.8 Å². The second-order valence-electron chi connectivity index (χ2n) is 6.80. The smallest absolute Gasteiger partial charge is 0.0957 e. The first-order chi connectivity index (χ1) is 11.8. The van der Waals surface area contributed by atoms with E-state index in [1.54, 1.807) is 7.11 Å². The summed E-state index contributed by atoms with van der Waals surface area (Å²) in [4.78, 5) is 4.58. The Hall–Kier alpha value is -1.49. The highest BCUT2D eigenvalue weighted by molar-refractivity contribution is 5.82. The number of hydrogen-bond acceptors (Lipinski definition) is 4. The van der Waals surface area contributed by atoms with Crippen molar-refractivity contribution in [3.05, 3.63) is 42.1 Å². The van der Waals surface area contributed by atoms with Crippen LogP contribution in [0.15, 0.2) is 36.5 Å². The van der Waals surface area contributed by atoms with Crippen molar-refractivity contribution in [1.82, 2.24) is 10.3 Å². The number of fused-ring (bicyclic) bond motifs is 1. The summed E-state index contributed by atoms with van der Waals surface area (Å²) in [7, 11) is 1.73. The van der Waals surface area contributed by atoms with E-state index in [1.165, 1.54) is 0 Å². The van der Waals surface area contributed by atoms with Crippen LogP contribution in [0.2, 0.25) is 0 Å². The summed E-state index contributed by atoms with van der Waals surface area (Å²) in [6.07, 6.45) is 6.65. The van der Waals surface area contributed by atoms with Crippen molar-refractivity contribution in [2.45, 2.75) is 37.7 Å². The lowest BCUT2D eigenvalue weighted by molar-refractivity contribution is -0.0423. The Morgan fingerprint density at radius 3 is 2.96 bits per heavy atom. The van der Waals surface area contributed by atoms with Crippen molar-refractivity contribution < 1.29 is 9.84 Å². The van der Waals surface area contributed by atoms with Gasteiger partial charge in [-0.15, -0.1) is 0 Å². The molecule has 1 aromatic heterocycles. The summed E-state index contributed by atoms with van der Waals surface area (Å²) in [6.45, 7) is 2.65. The van der Waals surface area contributed by atoms with Crippen LogP contribution in [-0.4, -0.2) is 36.9 Å². The lowest BCUT2D eigenvalue weighted by Crippen LogP contribution is -2.44. The number of nitrogens with one attached hydrogen (secondary N) is 1. The number of ether oxygens (including phenoxy) is 1. The molecule has 130 valence electrons. The molecular weight excluding hydrogens is 300 g/mol. The molecule has 1 aromatic carbocycles. The highest BCUT2D eigenvalue weighted by Crippen LogP contribution is 2.40. The molecule has 2 atom stereocenters. The topological polar surface area (TPSA) is 54.4 Å². The molecule has 1 fully saturated rings. The fourth-order valence-electron chi connectivity index (χ4n) is 3.91. The number of aromatic nitrogens is 1. The maximum Gasteiger partial charge on any atom is 0.0957 e. The Labute approximate surface area is 144 Å². The van der Waals surface area contributed by atoms with Gasteiger partial charge in [0.25, 0.3) is 0 Å². The van der Waals surface area contributed by atoms with E-state index in [2.05, 4.69) is 28.5 Å². The minimum Gasteiger partial charge on any atom is -0.385 e. The van der Waals surface area contributed by atoms with Crippen LogP contribution in [0.4, 0.5) is 0 Å². The summed E-state index contributed by atoms with van der Waals surface area (Å²) in [5, 5.41) is 16.3. The summed E-state index contributed by atoms with van der Waals surface area (Å²) < 4.78 is 5.17. The van der Waals surface area contributed by atoms with Gasteiger partial charge in [-0.05, 0) is 44.7 Å². The molecule has 0 amide bonds. The van der Waals surface area contributed by atoms with Crippen molar-refractivity contribution in [2.24, 2.45) is 5.92 Å². The Kier molecular flexibility index (Phi) is 5.82. The molecule has 4 nitrogen and oxygen atoms in total. The van der Waals surface area contributed by atoms with E-state index in [1.807, 2.05) is 18.3 Å². The lowest BCUT2D eigenvalue weighted by atomic mass is 9.74. The maximum absolute atomic E-state index is 11.8. The first-order valence-corrected chi connectivity index (χ1v) is 9.02. The van der Waals surface area contributed by atoms with Gasteiger partial charge in [0.05, 0.1) is 11.1 Å². The third kappa shape index (κ3) is 3.61. The number of para-hydroxylation sites is 1. The van der Waals surface area contributed by atoms with Gasteiger partial charge in [-0.1, -0.05) is 24.3 Å². The number of unbranched alkanes of at least 4 members (excludes halogenated alkanes) is 1. The van der Waals surface area contributed by atoms with Gasteiger partial charge in [-0.2, -0.15) is 0 Å². The van der Waals surface area contributed by atoms with Gasteiger partial charge in [0.15, 0.2) is 0 Å². The van der Waals surface area contributed by atoms with Crippen LogP contribution >= 0.6 is 0 Å². The van der Waals surface area contributed by atoms with Crippen LogP contribution in [0.25, 0.3) is 10.9 Å².